The zero-order valence-electron chi connectivity index (χ0n) is 17.5. The molecule has 1 atom stereocenters. The number of carbonyl (C=O) groups is 2. The molecule has 1 unspecified atom stereocenters. The van der Waals surface area contributed by atoms with Crippen LogP contribution in [0.5, 0.6) is 0 Å². The number of benzene rings is 1. The first-order valence-corrected chi connectivity index (χ1v) is 10.7. The number of hydrogen-bond donors (Lipinski definition) is 1. The molecule has 1 spiro atoms. The summed E-state index contributed by atoms with van der Waals surface area (Å²) in [7, 11) is 0. The van der Waals surface area contributed by atoms with Crippen LogP contribution in [0.15, 0.2) is 30.6 Å². The van der Waals surface area contributed by atoms with E-state index in [1.165, 1.54) is 0 Å². The van der Waals surface area contributed by atoms with Gasteiger partial charge in [0, 0.05) is 6.42 Å². The highest BCUT2D eigenvalue weighted by molar-refractivity contribution is 5.79. The first kappa shape index (κ1) is 21.7. The number of cyclic esters (lactones) is 1. The van der Waals surface area contributed by atoms with Crippen LogP contribution in [0.25, 0.3) is 11.0 Å². The Morgan fingerprint density at radius 1 is 1.16 bits per heavy atom. The molecule has 5 rings (SSSR count). The van der Waals surface area contributed by atoms with Gasteiger partial charge in [0.15, 0.2) is 0 Å². The fourth-order valence-electron chi connectivity index (χ4n) is 4.86. The molecule has 3 aliphatic rings. The molecule has 1 N–H and O–H groups in total. The maximum atomic E-state index is 12.8. The largest absolute Gasteiger partial charge is 0.483 e. The quantitative estimate of drug-likeness (QED) is 0.577. The summed E-state index contributed by atoms with van der Waals surface area (Å²) in [6.45, 7) is 4.99. The van der Waals surface area contributed by atoms with Gasteiger partial charge in [-0.2, -0.15) is 0 Å². The van der Waals surface area contributed by atoms with Crippen LogP contribution >= 0.6 is 0 Å². The first-order valence-electron chi connectivity index (χ1n) is 10.7. The van der Waals surface area contributed by atoms with Gasteiger partial charge in [-0.25, -0.2) is 4.98 Å². The number of fused-ring (bicyclic) bond motifs is 1. The number of carbonyl (C=O) groups excluding carboxylic acids is 1. The van der Waals surface area contributed by atoms with Gasteiger partial charge >= 0.3 is 5.97 Å². The van der Waals surface area contributed by atoms with Gasteiger partial charge in [-0.1, -0.05) is 12.1 Å². The van der Waals surface area contributed by atoms with Crippen molar-refractivity contribution in [2.24, 2.45) is 5.41 Å². The Morgan fingerprint density at radius 3 is 2.55 bits per heavy atom. The normalized spacial score (nSPS) is 24.4. The Morgan fingerprint density at radius 2 is 1.84 bits per heavy atom. The summed E-state index contributed by atoms with van der Waals surface area (Å²) in [6.07, 6.45) is 4.26. The minimum atomic E-state index is -0.329. The Balaban J connectivity index is 0.000000730. The molecule has 0 aliphatic carbocycles. The number of hydrogen-bond acceptors (Lipinski definition) is 7. The lowest BCUT2D eigenvalue weighted by Gasteiger charge is -2.40. The molecule has 0 bridgehead atoms. The van der Waals surface area contributed by atoms with Gasteiger partial charge in [0.1, 0.15) is 6.10 Å². The number of para-hydroxylation sites is 2. The summed E-state index contributed by atoms with van der Waals surface area (Å²) in [4.78, 5) is 28.0. The van der Waals surface area contributed by atoms with Gasteiger partial charge in [-0.05, 0) is 38.1 Å². The molecule has 1 aromatic carbocycles. The molecule has 1 aromatic heterocycles. The summed E-state index contributed by atoms with van der Waals surface area (Å²) < 4.78 is 19.2. The van der Waals surface area contributed by atoms with E-state index in [-0.39, 0.29) is 24.0 Å². The Hall–Kier alpha value is -2.49. The highest BCUT2D eigenvalue weighted by atomic mass is 16.6. The molecule has 3 fully saturated rings. The van der Waals surface area contributed by atoms with Crippen LogP contribution in [-0.2, 0) is 30.3 Å². The highest BCUT2D eigenvalue weighted by Gasteiger charge is 2.51. The molecule has 2 aromatic rings. The van der Waals surface area contributed by atoms with Crippen molar-refractivity contribution in [3.63, 3.8) is 0 Å². The third kappa shape index (κ3) is 4.73. The first-order chi connectivity index (χ1) is 15.1. The molecular formula is C22H29N3O6. The monoisotopic (exact) mass is 431 g/mol. The van der Waals surface area contributed by atoms with Gasteiger partial charge in [0.05, 0.1) is 61.8 Å². The molecule has 4 heterocycles. The van der Waals surface area contributed by atoms with E-state index in [0.717, 1.165) is 43.4 Å². The van der Waals surface area contributed by atoms with Crippen LogP contribution in [0.2, 0.25) is 0 Å². The molecule has 3 aliphatic heterocycles. The molecular weight excluding hydrogens is 402 g/mol. The van der Waals surface area contributed by atoms with Crippen molar-refractivity contribution in [1.82, 2.24) is 14.5 Å². The number of piperidine rings is 1. The number of likely N-dealkylation sites (tertiary alicyclic amines) is 1. The number of rotatable bonds is 3. The average molecular weight is 431 g/mol. The van der Waals surface area contributed by atoms with E-state index in [0.29, 0.717) is 39.0 Å². The lowest BCUT2D eigenvalue weighted by atomic mass is 9.75. The van der Waals surface area contributed by atoms with E-state index < -0.39 is 0 Å². The Bertz CT molecular complexity index is 884. The van der Waals surface area contributed by atoms with Gasteiger partial charge in [-0.3, -0.25) is 14.5 Å². The average Bonchev–Trinajstić information content (AvgIpc) is 3.17. The Kier molecular flexibility index (Phi) is 6.84. The summed E-state index contributed by atoms with van der Waals surface area (Å²) in [6, 6.07) is 8.36. The molecule has 168 valence electrons. The summed E-state index contributed by atoms with van der Waals surface area (Å²) >= 11 is 0. The van der Waals surface area contributed by atoms with Crippen molar-refractivity contribution >= 4 is 23.5 Å². The van der Waals surface area contributed by atoms with Crippen LogP contribution in [0.3, 0.4) is 0 Å². The number of imidazole rings is 1. The zero-order chi connectivity index (χ0) is 21.7. The predicted molar refractivity (Wildman–Crippen MR) is 112 cm³/mol. The van der Waals surface area contributed by atoms with Crippen molar-refractivity contribution in [2.75, 3.05) is 39.5 Å². The topological polar surface area (TPSA) is 103 Å². The lowest BCUT2D eigenvalue weighted by molar-refractivity contribution is -0.151. The van der Waals surface area contributed by atoms with Crippen LogP contribution < -0.4 is 0 Å². The van der Waals surface area contributed by atoms with Gasteiger partial charge in [-0.15, -0.1) is 0 Å². The fourth-order valence-corrected chi connectivity index (χ4v) is 4.86. The maximum Gasteiger partial charge on any atom is 0.312 e. The van der Waals surface area contributed by atoms with Crippen molar-refractivity contribution in [3.05, 3.63) is 30.6 Å². The number of aromatic nitrogens is 2. The Labute approximate surface area is 180 Å². The van der Waals surface area contributed by atoms with Crippen molar-refractivity contribution in [1.29, 1.82) is 0 Å². The summed E-state index contributed by atoms with van der Waals surface area (Å²) in [5, 5.41) is 6.89. The van der Waals surface area contributed by atoms with Crippen molar-refractivity contribution < 1.29 is 28.9 Å². The van der Waals surface area contributed by atoms with Crippen LogP contribution in [0.1, 0.15) is 19.3 Å². The van der Waals surface area contributed by atoms with Crippen LogP contribution in [0.4, 0.5) is 0 Å². The molecule has 0 radical (unpaired) electrons. The number of esters is 1. The lowest BCUT2D eigenvalue weighted by Crippen LogP contribution is -2.49. The zero-order valence-corrected chi connectivity index (χ0v) is 17.5. The second kappa shape index (κ2) is 9.76. The SMILES string of the molecule is O=C1OC(Cn2cnc3ccccc32)CC12CCN(C1COCCOC1)CC2.O=CO. The third-order valence-electron chi connectivity index (χ3n) is 6.52. The van der Waals surface area contributed by atoms with Gasteiger partial charge in [0.25, 0.3) is 6.47 Å². The second-order valence-electron chi connectivity index (χ2n) is 8.34. The smallest absolute Gasteiger partial charge is 0.312 e. The summed E-state index contributed by atoms with van der Waals surface area (Å²) in [5.41, 5.74) is 1.73. The minimum absolute atomic E-state index is 0.0186. The molecule has 0 saturated carbocycles. The fraction of sp³-hybridized carbons (Fsp3) is 0.591. The summed E-state index contributed by atoms with van der Waals surface area (Å²) in [5.74, 6) is -0.0186. The predicted octanol–water partition coefficient (Wildman–Crippen LogP) is 1.55. The van der Waals surface area contributed by atoms with Crippen LogP contribution in [-0.4, -0.2) is 83.7 Å². The van der Waals surface area contributed by atoms with E-state index in [2.05, 4.69) is 20.5 Å². The molecule has 9 nitrogen and oxygen atoms in total. The second-order valence-corrected chi connectivity index (χ2v) is 8.34. The van der Waals surface area contributed by atoms with Crippen molar-refractivity contribution in [2.45, 2.75) is 38.0 Å². The maximum absolute atomic E-state index is 12.8. The van der Waals surface area contributed by atoms with Gasteiger partial charge in [0.2, 0.25) is 0 Å². The molecule has 0 amide bonds. The van der Waals surface area contributed by atoms with Gasteiger partial charge < -0.3 is 23.9 Å². The van der Waals surface area contributed by atoms with E-state index in [9.17, 15) is 4.79 Å². The van der Waals surface area contributed by atoms with E-state index in [1.807, 2.05) is 24.5 Å². The van der Waals surface area contributed by atoms with Crippen molar-refractivity contribution in [3.8, 4) is 0 Å². The minimum Gasteiger partial charge on any atom is -0.483 e. The standard InChI is InChI=1S/C21H27N3O4.CH2O2/c25-20-21(5-7-23(8-6-21)16-13-26-9-10-27-14-16)11-17(28-20)12-24-15-22-18-3-1-2-4-19(18)24;2-1-3/h1-4,15-17H,5-14H2;1H,(H,2,3). The van der Waals surface area contributed by atoms with E-state index in [1.54, 1.807) is 0 Å². The third-order valence-corrected chi connectivity index (χ3v) is 6.52. The molecule has 9 heteroatoms. The molecule has 3 saturated heterocycles. The number of nitrogens with zero attached hydrogens (tertiary/aromatic N) is 3. The highest BCUT2D eigenvalue weighted by Crippen LogP contribution is 2.44. The van der Waals surface area contributed by atoms with E-state index in [4.69, 9.17) is 24.1 Å². The van der Waals surface area contributed by atoms with E-state index >= 15 is 0 Å². The number of ether oxygens (including phenoxy) is 3. The number of carboxylic acid groups (broad SMARTS) is 1. The molecule has 31 heavy (non-hydrogen) atoms. The van der Waals surface area contributed by atoms with Crippen LogP contribution in [0, 0.1) is 5.41 Å².